The second kappa shape index (κ2) is 8.52. The number of esters is 1. The highest BCUT2D eigenvalue weighted by Crippen LogP contribution is 2.21. The van der Waals surface area contributed by atoms with Crippen molar-refractivity contribution in [2.75, 3.05) is 6.61 Å². The Bertz CT molecular complexity index is 828. The molecule has 0 N–H and O–H groups in total. The zero-order chi connectivity index (χ0) is 18.4. The van der Waals surface area contributed by atoms with Gasteiger partial charge in [0.2, 0.25) is 5.78 Å². The van der Waals surface area contributed by atoms with Crippen LogP contribution in [0.25, 0.3) is 0 Å². The number of carbonyl (C=O) groups excluding carboxylic acids is 2. The van der Waals surface area contributed by atoms with Crippen molar-refractivity contribution in [2.24, 2.45) is 0 Å². The number of halogens is 2. The summed E-state index contributed by atoms with van der Waals surface area (Å²) in [6.45, 7) is 1.04. The molecule has 0 spiro atoms. The van der Waals surface area contributed by atoms with Gasteiger partial charge in [-0.2, -0.15) is 5.26 Å². The molecular formula is C18H13Cl2NO4. The Balaban J connectivity index is 1.90. The van der Waals surface area contributed by atoms with Gasteiger partial charge < -0.3 is 9.47 Å². The first-order valence-corrected chi connectivity index (χ1v) is 7.98. The van der Waals surface area contributed by atoms with Crippen molar-refractivity contribution >= 4 is 35.0 Å². The van der Waals surface area contributed by atoms with E-state index >= 15 is 0 Å². The topological polar surface area (TPSA) is 76.4 Å². The maximum atomic E-state index is 12.1. The lowest BCUT2D eigenvalue weighted by molar-refractivity contribution is -0.149. The van der Waals surface area contributed by atoms with E-state index in [4.69, 9.17) is 37.9 Å². The highest BCUT2D eigenvalue weighted by Gasteiger charge is 2.19. The van der Waals surface area contributed by atoms with E-state index in [-0.39, 0.29) is 10.6 Å². The van der Waals surface area contributed by atoms with Gasteiger partial charge in [-0.15, -0.1) is 0 Å². The molecule has 0 aromatic heterocycles. The summed E-state index contributed by atoms with van der Waals surface area (Å²) in [6.07, 6.45) is -0.915. The Morgan fingerprint density at radius 2 is 1.84 bits per heavy atom. The third-order valence-corrected chi connectivity index (χ3v) is 3.75. The van der Waals surface area contributed by atoms with Gasteiger partial charge in [-0.3, -0.25) is 4.79 Å². The van der Waals surface area contributed by atoms with Gasteiger partial charge in [0.15, 0.2) is 12.7 Å². The van der Waals surface area contributed by atoms with Crippen molar-refractivity contribution in [3.05, 3.63) is 63.6 Å². The van der Waals surface area contributed by atoms with E-state index in [2.05, 4.69) is 0 Å². The molecule has 2 aromatic rings. The van der Waals surface area contributed by atoms with Crippen molar-refractivity contribution in [1.29, 1.82) is 5.26 Å². The summed E-state index contributed by atoms with van der Waals surface area (Å²) in [7, 11) is 0. The molecule has 0 aliphatic rings. The number of hydrogen-bond acceptors (Lipinski definition) is 5. The van der Waals surface area contributed by atoms with Crippen LogP contribution in [0.4, 0.5) is 0 Å². The summed E-state index contributed by atoms with van der Waals surface area (Å²) in [5, 5.41) is 9.33. The molecule has 128 valence electrons. The minimum atomic E-state index is -0.915. The Kier molecular flexibility index (Phi) is 6.40. The van der Waals surface area contributed by atoms with E-state index in [0.29, 0.717) is 16.3 Å². The maximum Gasteiger partial charge on any atom is 0.347 e. The fourth-order valence-corrected chi connectivity index (χ4v) is 2.42. The molecule has 0 bridgehead atoms. The minimum absolute atomic E-state index is 0.190. The number of ether oxygens (including phenoxy) is 2. The maximum absolute atomic E-state index is 12.1. The molecular weight excluding hydrogens is 365 g/mol. The molecule has 0 saturated carbocycles. The van der Waals surface area contributed by atoms with Crippen LogP contribution in [-0.2, 0) is 9.53 Å². The van der Waals surface area contributed by atoms with Crippen molar-refractivity contribution in [1.82, 2.24) is 0 Å². The largest absolute Gasteiger partial charge is 0.479 e. The average Bonchev–Trinajstić information content (AvgIpc) is 2.60. The molecule has 7 heteroatoms. The van der Waals surface area contributed by atoms with Crippen LogP contribution in [0, 0.1) is 11.3 Å². The summed E-state index contributed by atoms with van der Waals surface area (Å²) in [5.41, 5.74) is 0.701. The summed E-state index contributed by atoms with van der Waals surface area (Å²) in [4.78, 5) is 24.0. The van der Waals surface area contributed by atoms with Gasteiger partial charge in [-0.25, -0.2) is 4.79 Å². The normalized spacial score (nSPS) is 11.3. The summed E-state index contributed by atoms with van der Waals surface area (Å²) in [5.74, 6) is -0.723. The molecule has 0 amide bonds. The van der Waals surface area contributed by atoms with Crippen molar-refractivity contribution in [3.8, 4) is 11.8 Å². The van der Waals surface area contributed by atoms with E-state index in [1.165, 1.54) is 25.1 Å². The lowest BCUT2D eigenvalue weighted by Crippen LogP contribution is -2.28. The number of carbonyl (C=O) groups is 2. The summed E-state index contributed by atoms with van der Waals surface area (Å²) in [6, 6.07) is 12.7. The van der Waals surface area contributed by atoms with Gasteiger partial charge in [0.25, 0.3) is 0 Å². The molecule has 0 saturated heterocycles. The number of rotatable bonds is 6. The number of benzene rings is 2. The van der Waals surface area contributed by atoms with Crippen molar-refractivity contribution in [3.63, 3.8) is 0 Å². The monoisotopic (exact) mass is 377 g/mol. The molecule has 25 heavy (non-hydrogen) atoms. The predicted octanol–water partition coefficient (Wildman–Crippen LogP) is 4.06. The Morgan fingerprint density at radius 1 is 1.16 bits per heavy atom. The van der Waals surface area contributed by atoms with Gasteiger partial charge in [0, 0.05) is 10.6 Å². The smallest absolute Gasteiger partial charge is 0.347 e. The number of Topliss-reactive ketones (excluding diaryl/α,β-unsaturated/α-hetero) is 1. The molecule has 0 aliphatic heterocycles. The highest BCUT2D eigenvalue weighted by molar-refractivity contribution is 6.36. The van der Waals surface area contributed by atoms with E-state index in [9.17, 15) is 9.59 Å². The molecule has 2 rings (SSSR count). The first-order valence-electron chi connectivity index (χ1n) is 7.22. The van der Waals surface area contributed by atoms with Gasteiger partial charge in [0.1, 0.15) is 5.75 Å². The lowest BCUT2D eigenvalue weighted by Gasteiger charge is -2.14. The van der Waals surface area contributed by atoms with Crippen molar-refractivity contribution in [2.45, 2.75) is 13.0 Å². The molecule has 0 heterocycles. The zero-order valence-electron chi connectivity index (χ0n) is 13.2. The summed E-state index contributed by atoms with van der Waals surface area (Å²) >= 11 is 11.7. The van der Waals surface area contributed by atoms with E-state index in [0.717, 1.165) is 0 Å². The van der Waals surface area contributed by atoms with Gasteiger partial charge >= 0.3 is 5.97 Å². The molecule has 1 atom stereocenters. The number of ketones is 1. The molecule has 2 aromatic carbocycles. The Labute approximate surface area is 154 Å². The predicted molar refractivity (Wildman–Crippen MR) is 93.0 cm³/mol. The molecule has 0 aliphatic carbocycles. The average molecular weight is 378 g/mol. The fourth-order valence-electron chi connectivity index (χ4n) is 1.91. The van der Waals surface area contributed by atoms with Crippen LogP contribution < -0.4 is 4.74 Å². The quantitative estimate of drug-likeness (QED) is 0.560. The number of hydrogen-bond donors (Lipinski definition) is 0. The molecule has 5 nitrogen and oxygen atoms in total. The number of nitriles is 1. The van der Waals surface area contributed by atoms with Crippen LogP contribution in [0.1, 0.15) is 22.8 Å². The van der Waals surface area contributed by atoms with Crippen LogP contribution in [0.5, 0.6) is 5.75 Å². The molecule has 0 unspecified atom stereocenters. The standard InChI is InChI=1S/C18H13Cl2NO4/c1-11(25-14-5-2-12(9-21)3-6-14)18(23)24-10-17(22)15-7-4-13(19)8-16(15)20/h2-8,11H,10H2,1H3/t11-/m0/s1. The van der Waals surface area contributed by atoms with Crippen LogP contribution in [-0.4, -0.2) is 24.5 Å². The summed E-state index contributed by atoms with van der Waals surface area (Å²) < 4.78 is 10.4. The second-order valence-electron chi connectivity index (χ2n) is 5.05. The third-order valence-electron chi connectivity index (χ3n) is 3.21. The van der Waals surface area contributed by atoms with Crippen LogP contribution in [0.2, 0.25) is 10.0 Å². The van der Waals surface area contributed by atoms with E-state index < -0.39 is 24.5 Å². The van der Waals surface area contributed by atoms with Gasteiger partial charge in [-0.1, -0.05) is 23.2 Å². The highest BCUT2D eigenvalue weighted by atomic mass is 35.5. The van der Waals surface area contributed by atoms with E-state index in [1.54, 1.807) is 24.3 Å². The first-order chi connectivity index (χ1) is 11.9. The SMILES string of the molecule is C[C@H](Oc1ccc(C#N)cc1)C(=O)OCC(=O)c1ccc(Cl)cc1Cl. The van der Waals surface area contributed by atoms with Crippen LogP contribution in [0.15, 0.2) is 42.5 Å². The van der Waals surface area contributed by atoms with Gasteiger partial charge in [0.05, 0.1) is 16.7 Å². The Morgan fingerprint density at radius 3 is 2.44 bits per heavy atom. The third kappa shape index (κ3) is 5.21. The first kappa shape index (κ1) is 18.8. The zero-order valence-corrected chi connectivity index (χ0v) is 14.7. The van der Waals surface area contributed by atoms with Crippen LogP contribution in [0.3, 0.4) is 0 Å². The number of nitrogens with zero attached hydrogens (tertiary/aromatic N) is 1. The van der Waals surface area contributed by atoms with E-state index in [1.807, 2.05) is 6.07 Å². The minimum Gasteiger partial charge on any atom is -0.479 e. The van der Waals surface area contributed by atoms with Crippen molar-refractivity contribution < 1.29 is 19.1 Å². The van der Waals surface area contributed by atoms with Crippen LogP contribution >= 0.6 is 23.2 Å². The second-order valence-corrected chi connectivity index (χ2v) is 5.89. The van der Waals surface area contributed by atoms with Gasteiger partial charge in [-0.05, 0) is 49.4 Å². The Hall–Kier alpha value is -2.55. The lowest BCUT2D eigenvalue weighted by atomic mass is 10.1. The fraction of sp³-hybridized carbons (Fsp3) is 0.167. The molecule has 0 radical (unpaired) electrons. The molecule has 0 fully saturated rings.